The maximum atomic E-state index is 5.36. The smallest absolute Gasteiger partial charge is 0.189 e. The number of hydrogen-bond donors (Lipinski definition) is 0. The van der Waals surface area contributed by atoms with Gasteiger partial charge in [0.05, 0.1) is 18.9 Å². The molecule has 1 fully saturated rings. The minimum Gasteiger partial charge on any atom is -0.378 e. The van der Waals surface area contributed by atoms with Crippen LogP contribution in [0.4, 0.5) is 5.82 Å². The summed E-state index contributed by atoms with van der Waals surface area (Å²) in [6, 6.07) is 2.10. The van der Waals surface area contributed by atoms with Gasteiger partial charge in [0.2, 0.25) is 0 Å². The van der Waals surface area contributed by atoms with E-state index < -0.39 is 0 Å². The molecule has 0 unspecified atom stereocenters. The predicted molar refractivity (Wildman–Crippen MR) is 74.1 cm³/mol. The lowest BCUT2D eigenvalue weighted by atomic mass is 10.3. The molecule has 17 heavy (non-hydrogen) atoms. The van der Waals surface area contributed by atoms with Crippen LogP contribution >= 0.6 is 23.5 Å². The van der Waals surface area contributed by atoms with Crippen LogP contribution in [0.2, 0.25) is 0 Å². The maximum Gasteiger partial charge on any atom is 0.189 e. The van der Waals surface area contributed by atoms with Crippen molar-refractivity contribution in [3.8, 4) is 0 Å². The first-order valence-electron chi connectivity index (χ1n) is 5.57. The summed E-state index contributed by atoms with van der Waals surface area (Å²) in [7, 11) is 0. The molecule has 94 valence electrons. The maximum absolute atomic E-state index is 5.36. The predicted octanol–water partition coefficient (Wildman–Crippen LogP) is 1.90. The number of nitrogens with zero attached hydrogens (tertiary/aromatic N) is 3. The van der Waals surface area contributed by atoms with E-state index in [0.717, 1.165) is 48.7 Å². The summed E-state index contributed by atoms with van der Waals surface area (Å²) in [5, 5.41) is 0.859. The van der Waals surface area contributed by atoms with Crippen molar-refractivity contribution in [2.45, 2.75) is 10.9 Å². The van der Waals surface area contributed by atoms with Gasteiger partial charge in [-0.1, -0.05) is 11.8 Å². The van der Waals surface area contributed by atoms with E-state index in [0.29, 0.717) is 0 Å². The summed E-state index contributed by atoms with van der Waals surface area (Å²) in [6.45, 7) is 3.42. The first kappa shape index (κ1) is 13.0. The Kier molecular flexibility index (Phi) is 4.94. The van der Waals surface area contributed by atoms with E-state index >= 15 is 0 Å². The standard InChI is InChI=1S/C11H17N3OS2/c1-16-8-9-7-10(13-11(12-9)17-2)14-3-5-15-6-4-14/h7H,3-6,8H2,1-2H3. The van der Waals surface area contributed by atoms with Gasteiger partial charge >= 0.3 is 0 Å². The van der Waals surface area contributed by atoms with Crippen LogP contribution in [0.3, 0.4) is 0 Å². The molecule has 0 spiro atoms. The van der Waals surface area contributed by atoms with E-state index in [-0.39, 0.29) is 0 Å². The molecule has 1 aromatic heterocycles. The van der Waals surface area contributed by atoms with Crippen LogP contribution in [0, 0.1) is 0 Å². The zero-order valence-corrected chi connectivity index (χ0v) is 11.8. The van der Waals surface area contributed by atoms with Crippen molar-refractivity contribution < 1.29 is 4.74 Å². The Hall–Kier alpha value is -0.460. The van der Waals surface area contributed by atoms with Crippen molar-refractivity contribution in [3.63, 3.8) is 0 Å². The van der Waals surface area contributed by atoms with Crippen molar-refractivity contribution in [1.82, 2.24) is 9.97 Å². The van der Waals surface area contributed by atoms with E-state index in [1.807, 2.05) is 6.26 Å². The van der Waals surface area contributed by atoms with Crippen LogP contribution in [-0.2, 0) is 10.5 Å². The highest BCUT2D eigenvalue weighted by Gasteiger charge is 2.14. The van der Waals surface area contributed by atoms with E-state index in [2.05, 4.69) is 27.2 Å². The van der Waals surface area contributed by atoms with Gasteiger partial charge in [-0.25, -0.2) is 9.97 Å². The molecule has 0 radical (unpaired) electrons. The Morgan fingerprint density at radius 3 is 2.71 bits per heavy atom. The Balaban J connectivity index is 2.21. The third-order valence-corrected chi connectivity index (χ3v) is 3.69. The quantitative estimate of drug-likeness (QED) is 0.615. The summed E-state index contributed by atoms with van der Waals surface area (Å²) in [5.74, 6) is 1.98. The molecule has 0 aliphatic carbocycles. The van der Waals surface area contributed by atoms with Gasteiger partial charge < -0.3 is 9.64 Å². The summed E-state index contributed by atoms with van der Waals surface area (Å²) >= 11 is 3.38. The summed E-state index contributed by atoms with van der Waals surface area (Å²) in [4.78, 5) is 11.4. The molecule has 0 aromatic carbocycles. The van der Waals surface area contributed by atoms with Gasteiger partial charge in [-0.05, 0) is 12.5 Å². The third kappa shape index (κ3) is 3.50. The van der Waals surface area contributed by atoms with Crippen LogP contribution in [0.5, 0.6) is 0 Å². The molecule has 0 saturated carbocycles. The number of hydrogen-bond acceptors (Lipinski definition) is 6. The molecule has 0 atom stereocenters. The second-order valence-electron chi connectivity index (χ2n) is 3.74. The fourth-order valence-electron chi connectivity index (χ4n) is 1.73. The van der Waals surface area contributed by atoms with Crippen LogP contribution in [0.15, 0.2) is 11.2 Å². The van der Waals surface area contributed by atoms with Crippen LogP contribution in [-0.4, -0.2) is 48.8 Å². The average molecular weight is 271 g/mol. The second kappa shape index (κ2) is 6.47. The molecular formula is C11H17N3OS2. The molecular weight excluding hydrogens is 254 g/mol. The number of ether oxygens (including phenoxy) is 1. The molecule has 0 N–H and O–H groups in total. The first-order chi connectivity index (χ1) is 8.33. The Bertz CT molecular complexity index is 370. The van der Waals surface area contributed by atoms with Gasteiger partial charge in [0.25, 0.3) is 0 Å². The lowest BCUT2D eigenvalue weighted by Crippen LogP contribution is -2.36. The van der Waals surface area contributed by atoms with E-state index in [1.165, 1.54) is 0 Å². The highest BCUT2D eigenvalue weighted by Crippen LogP contribution is 2.20. The van der Waals surface area contributed by atoms with Crippen LogP contribution in [0.1, 0.15) is 5.69 Å². The van der Waals surface area contributed by atoms with Gasteiger partial charge in [-0.3, -0.25) is 0 Å². The fraction of sp³-hybridized carbons (Fsp3) is 0.636. The SMILES string of the molecule is CSCc1cc(N2CCOCC2)nc(SC)n1. The molecule has 6 heteroatoms. The third-order valence-electron chi connectivity index (χ3n) is 2.56. The van der Waals surface area contributed by atoms with Crippen molar-refractivity contribution >= 4 is 29.3 Å². The Labute approximate surface area is 111 Å². The second-order valence-corrected chi connectivity index (χ2v) is 5.38. The van der Waals surface area contributed by atoms with E-state index in [1.54, 1.807) is 23.5 Å². The molecule has 1 saturated heterocycles. The van der Waals surface area contributed by atoms with Crippen molar-refractivity contribution in [2.24, 2.45) is 0 Å². The molecule has 0 amide bonds. The van der Waals surface area contributed by atoms with Gasteiger partial charge in [0.1, 0.15) is 5.82 Å². The fourth-order valence-corrected chi connectivity index (χ4v) is 2.56. The molecule has 0 bridgehead atoms. The Morgan fingerprint density at radius 1 is 1.29 bits per heavy atom. The minimum absolute atomic E-state index is 0.788. The molecule has 1 aromatic rings. The summed E-state index contributed by atoms with van der Waals surface area (Å²) in [6.07, 6.45) is 4.11. The number of anilines is 1. The molecule has 1 aliphatic rings. The molecule has 2 heterocycles. The summed E-state index contributed by atoms with van der Waals surface area (Å²) in [5.41, 5.74) is 1.11. The number of thioether (sulfide) groups is 2. The highest BCUT2D eigenvalue weighted by atomic mass is 32.2. The monoisotopic (exact) mass is 271 g/mol. The van der Waals surface area contributed by atoms with E-state index in [9.17, 15) is 0 Å². The molecule has 2 rings (SSSR count). The van der Waals surface area contributed by atoms with Crippen molar-refractivity contribution in [1.29, 1.82) is 0 Å². The topological polar surface area (TPSA) is 38.2 Å². The normalized spacial score (nSPS) is 16.2. The average Bonchev–Trinajstić information content (AvgIpc) is 2.40. The zero-order chi connectivity index (χ0) is 12.1. The van der Waals surface area contributed by atoms with E-state index in [4.69, 9.17) is 4.74 Å². The number of rotatable bonds is 4. The lowest BCUT2D eigenvalue weighted by Gasteiger charge is -2.28. The molecule has 1 aliphatic heterocycles. The minimum atomic E-state index is 0.788. The van der Waals surface area contributed by atoms with Crippen molar-refractivity contribution in [3.05, 3.63) is 11.8 Å². The first-order valence-corrected chi connectivity index (χ1v) is 8.19. The van der Waals surface area contributed by atoms with Gasteiger partial charge in [-0.15, -0.1) is 0 Å². The van der Waals surface area contributed by atoms with Gasteiger partial charge in [-0.2, -0.15) is 11.8 Å². The zero-order valence-electron chi connectivity index (χ0n) is 10.2. The van der Waals surface area contributed by atoms with Gasteiger partial charge in [0, 0.05) is 24.9 Å². The summed E-state index contributed by atoms with van der Waals surface area (Å²) < 4.78 is 5.36. The highest BCUT2D eigenvalue weighted by molar-refractivity contribution is 7.98. The lowest BCUT2D eigenvalue weighted by molar-refractivity contribution is 0.122. The van der Waals surface area contributed by atoms with Crippen LogP contribution < -0.4 is 4.90 Å². The largest absolute Gasteiger partial charge is 0.378 e. The Morgan fingerprint density at radius 2 is 2.06 bits per heavy atom. The van der Waals surface area contributed by atoms with Crippen LogP contribution in [0.25, 0.3) is 0 Å². The van der Waals surface area contributed by atoms with Gasteiger partial charge in [0.15, 0.2) is 5.16 Å². The number of aromatic nitrogens is 2. The molecule has 4 nitrogen and oxygen atoms in total. The van der Waals surface area contributed by atoms with Crippen molar-refractivity contribution in [2.75, 3.05) is 43.7 Å². The number of morpholine rings is 1.